The summed E-state index contributed by atoms with van der Waals surface area (Å²) >= 11 is 0. The SMILES string of the molecule is Cc1ccc(-c2cnc(NCc3cnc(C)cn3)nc2)cc1. The van der Waals surface area contributed by atoms with Gasteiger partial charge in [-0.15, -0.1) is 0 Å². The van der Waals surface area contributed by atoms with E-state index in [1.54, 1.807) is 12.4 Å². The molecule has 0 atom stereocenters. The van der Waals surface area contributed by atoms with Gasteiger partial charge in [-0.2, -0.15) is 0 Å². The van der Waals surface area contributed by atoms with Crippen molar-refractivity contribution in [3.05, 3.63) is 66.0 Å². The summed E-state index contributed by atoms with van der Waals surface area (Å²) < 4.78 is 0. The summed E-state index contributed by atoms with van der Waals surface area (Å²) in [5.74, 6) is 0.582. The summed E-state index contributed by atoms with van der Waals surface area (Å²) in [6, 6.07) is 8.31. The van der Waals surface area contributed by atoms with E-state index in [0.29, 0.717) is 12.5 Å². The van der Waals surface area contributed by atoms with Crippen LogP contribution < -0.4 is 5.32 Å². The van der Waals surface area contributed by atoms with Gasteiger partial charge in [0.1, 0.15) is 0 Å². The number of aromatic nitrogens is 4. The summed E-state index contributed by atoms with van der Waals surface area (Å²) in [4.78, 5) is 17.2. The summed E-state index contributed by atoms with van der Waals surface area (Å²) in [5, 5.41) is 3.14. The zero-order chi connectivity index (χ0) is 15.4. The minimum Gasteiger partial charge on any atom is -0.349 e. The van der Waals surface area contributed by atoms with Crippen molar-refractivity contribution >= 4 is 5.95 Å². The third kappa shape index (κ3) is 3.44. The molecule has 0 saturated heterocycles. The Labute approximate surface area is 129 Å². The average molecular weight is 291 g/mol. The summed E-state index contributed by atoms with van der Waals surface area (Å²) in [7, 11) is 0. The molecule has 0 amide bonds. The van der Waals surface area contributed by atoms with Gasteiger partial charge >= 0.3 is 0 Å². The Bertz CT molecular complexity index is 734. The van der Waals surface area contributed by atoms with Crippen LogP contribution in [-0.2, 0) is 6.54 Å². The minimum absolute atomic E-state index is 0.553. The van der Waals surface area contributed by atoms with E-state index in [1.807, 2.05) is 19.3 Å². The monoisotopic (exact) mass is 291 g/mol. The second-order valence-corrected chi connectivity index (χ2v) is 5.16. The van der Waals surface area contributed by atoms with Crippen LogP contribution >= 0.6 is 0 Å². The van der Waals surface area contributed by atoms with Crippen molar-refractivity contribution < 1.29 is 0 Å². The zero-order valence-corrected chi connectivity index (χ0v) is 12.6. The van der Waals surface area contributed by atoms with Crippen molar-refractivity contribution in [1.29, 1.82) is 0 Å². The molecule has 22 heavy (non-hydrogen) atoms. The molecule has 0 spiro atoms. The third-order valence-electron chi connectivity index (χ3n) is 3.30. The fourth-order valence-corrected chi connectivity index (χ4v) is 1.99. The predicted molar refractivity (Wildman–Crippen MR) is 86.3 cm³/mol. The third-order valence-corrected chi connectivity index (χ3v) is 3.30. The van der Waals surface area contributed by atoms with Crippen molar-refractivity contribution in [2.24, 2.45) is 0 Å². The van der Waals surface area contributed by atoms with E-state index in [2.05, 4.69) is 56.4 Å². The normalized spacial score (nSPS) is 10.5. The van der Waals surface area contributed by atoms with Gasteiger partial charge in [0, 0.05) is 24.2 Å². The van der Waals surface area contributed by atoms with Crippen LogP contribution in [0.15, 0.2) is 49.1 Å². The summed E-state index contributed by atoms with van der Waals surface area (Å²) in [6.07, 6.45) is 7.14. The topological polar surface area (TPSA) is 63.6 Å². The number of anilines is 1. The molecule has 0 aliphatic heterocycles. The number of rotatable bonds is 4. The molecule has 0 saturated carbocycles. The molecule has 0 aliphatic carbocycles. The largest absolute Gasteiger partial charge is 0.349 e. The molecule has 110 valence electrons. The van der Waals surface area contributed by atoms with Gasteiger partial charge in [-0.25, -0.2) is 9.97 Å². The number of aryl methyl sites for hydroxylation is 2. The highest BCUT2D eigenvalue weighted by Crippen LogP contribution is 2.18. The van der Waals surface area contributed by atoms with Gasteiger partial charge in [-0.3, -0.25) is 9.97 Å². The second-order valence-electron chi connectivity index (χ2n) is 5.16. The Kier molecular flexibility index (Phi) is 4.05. The number of nitrogens with one attached hydrogen (secondary N) is 1. The molecule has 5 nitrogen and oxygen atoms in total. The van der Waals surface area contributed by atoms with E-state index in [-0.39, 0.29) is 0 Å². The van der Waals surface area contributed by atoms with Crippen LogP contribution in [0.4, 0.5) is 5.95 Å². The molecule has 0 fully saturated rings. The van der Waals surface area contributed by atoms with E-state index in [4.69, 9.17) is 0 Å². The Hall–Kier alpha value is -2.82. The van der Waals surface area contributed by atoms with E-state index in [1.165, 1.54) is 5.56 Å². The smallest absolute Gasteiger partial charge is 0.222 e. The molecule has 1 aromatic carbocycles. The van der Waals surface area contributed by atoms with Gasteiger partial charge in [0.15, 0.2) is 0 Å². The van der Waals surface area contributed by atoms with E-state index < -0.39 is 0 Å². The van der Waals surface area contributed by atoms with Gasteiger partial charge in [-0.1, -0.05) is 29.8 Å². The van der Waals surface area contributed by atoms with Crippen LogP contribution in [0.25, 0.3) is 11.1 Å². The van der Waals surface area contributed by atoms with E-state index in [0.717, 1.165) is 22.5 Å². The number of benzene rings is 1. The molecule has 3 aromatic rings. The number of nitrogens with zero attached hydrogens (tertiary/aromatic N) is 4. The molecule has 0 aliphatic rings. The molecule has 1 N–H and O–H groups in total. The van der Waals surface area contributed by atoms with Gasteiger partial charge in [-0.05, 0) is 19.4 Å². The van der Waals surface area contributed by atoms with Crippen molar-refractivity contribution in [3.63, 3.8) is 0 Å². The molecular weight excluding hydrogens is 274 g/mol. The first-order chi connectivity index (χ1) is 10.7. The first-order valence-corrected chi connectivity index (χ1v) is 7.11. The number of hydrogen-bond donors (Lipinski definition) is 1. The maximum atomic E-state index is 4.34. The van der Waals surface area contributed by atoms with Crippen LogP contribution in [0.1, 0.15) is 17.0 Å². The highest BCUT2D eigenvalue weighted by molar-refractivity contribution is 5.62. The van der Waals surface area contributed by atoms with Crippen LogP contribution in [0.5, 0.6) is 0 Å². The summed E-state index contributed by atoms with van der Waals surface area (Å²) in [6.45, 7) is 4.54. The number of hydrogen-bond acceptors (Lipinski definition) is 5. The first kappa shape index (κ1) is 14.1. The van der Waals surface area contributed by atoms with E-state index in [9.17, 15) is 0 Å². The highest BCUT2D eigenvalue weighted by atomic mass is 15.1. The molecule has 2 heterocycles. The van der Waals surface area contributed by atoms with Crippen LogP contribution in [0.2, 0.25) is 0 Å². The Morgan fingerprint density at radius 1 is 0.773 bits per heavy atom. The molecule has 5 heteroatoms. The highest BCUT2D eigenvalue weighted by Gasteiger charge is 2.01. The Balaban J connectivity index is 1.66. The lowest BCUT2D eigenvalue weighted by molar-refractivity contribution is 0.963. The lowest BCUT2D eigenvalue weighted by atomic mass is 10.1. The molecule has 0 radical (unpaired) electrons. The van der Waals surface area contributed by atoms with Crippen molar-refractivity contribution in [1.82, 2.24) is 19.9 Å². The molecule has 3 rings (SSSR count). The first-order valence-electron chi connectivity index (χ1n) is 7.11. The van der Waals surface area contributed by atoms with Crippen molar-refractivity contribution in [2.45, 2.75) is 20.4 Å². The molecule has 0 unspecified atom stereocenters. The van der Waals surface area contributed by atoms with Crippen molar-refractivity contribution in [3.8, 4) is 11.1 Å². The van der Waals surface area contributed by atoms with Gasteiger partial charge in [0.2, 0.25) is 5.95 Å². The van der Waals surface area contributed by atoms with Gasteiger partial charge < -0.3 is 5.32 Å². The molecule has 0 bridgehead atoms. The summed E-state index contributed by atoms with van der Waals surface area (Å²) in [5.41, 5.74) is 5.11. The standard InChI is InChI=1S/C17H17N5/c1-12-3-5-14(6-4-12)15-8-20-17(21-9-15)22-11-16-10-18-13(2)7-19-16/h3-10H,11H2,1-2H3,(H,20,21,22). The molecule has 2 aromatic heterocycles. The molecular formula is C17H17N5. The quantitative estimate of drug-likeness (QED) is 0.800. The average Bonchev–Trinajstić information content (AvgIpc) is 2.56. The zero-order valence-electron chi connectivity index (χ0n) is 12.6. The van der Waals surface area contributed by atoms with Crippen LogP contribution in [-0.4, -0.2) is 19.9 Å². The van der Waals surface area contributed by atoms with Gasteiger partial charge in [0.05, 0.1) is 24.1 Å². The minimum atomic E-state index is 0.553. The van der Waals surface area contributed by atoms with Crippen LogP contribution in [0.3, 0.4) is 0 Å². The lowest BCUT2D eigenvalue weighted by Gasteiger charge is -2.06. The predicted octanol–water partition coefficient (Wildman–Crippen LogP) is 3.16. The van der Waals surface area contributed by atoms with Crippen molar-refractivity contribution in [2.75, 3.05) is 5.32 Å². The maximum absolute atomic E-state index is 4.34. The lowest BCUT2D eigenvalue weighted by Crippen LogP contribution is -2.05. The Morgan fingerprint density at radius 2 is 1.50 bits per heavy atom. The fraction of sp³-hybridized carbons (Fsp3) is 0.176. The fourth-order valence-electron chi connectivity index (χ4n) is 1.99. The maximum Gasteiger partial charge on any atom is 0.222 e. The van der Waals surface area contributed by atoms with E-state index >= 15 is 0 Å². The second kappa shape index (κ2) is 6.30. The van der Waals surface area contributed by atoms with Gasteiger partial charge in [0.25, 0.3) is 0 Å². The van der Waals surface area contributed by atoms with Crippen LogP contribution in [0, 0.1) is 13.8 Å². The Morgan fingerprint density at radius 3 is 2.14 bits per heavy atom.